The van der Waals surface area contributed by atoms with Crippen molar-refractivity contribution in [3.05, 3.63) is 64.7 Å². The molecule has 0 radical (unpaired) electrons. The van der Waals surface area contributed by atoms with Gasteiger partial charge in [0.05, 0.1) is 18.6 Å². The zero-order chi connectivity index (χ0) is 23.9. The summed E-state index contributed by atoms with van der Waals surface area (Å²) in [5, 5.41) is 10.6. The standard InChI is InChI=1S/C22H26F2N2O2.2CH3I/c1-14(25)16-4-2-15(3-5-16)10-26-11-17-6-7-19(8-20(17)21(27)12-26)28-13-18-9-22(18,23)24;2*1-2/h2-8,14,18,21,27H,9-13,25H2,1H3;2*1H3/t14-,18?,21?;;/m0../s1. The second kappa shape index (κ2) is 12.8. The van der Waals surface area contributed by atoms with Crippen LogP contribution in [-0.4, -0.2) is 38.9 Å². The van der Waals surface area contributed by atoms with Gasteiger partial charge in [0, 0.05) is 32.1 Å². The first kappa shape index (κ1) is 27.7. The van der Waals surface area contributed by atoms with Crippen LogP contribution in [0.2, 0.25) is 0 Å². The van der Waals surface area contributed by atoms with Crippen LogP contribution in [0.5, 0.6) is 5.75 Å². The van der Waals surface area contributed by atoms with E-state index in [1.165, 1.54) is 5.56 Å². The molecule has 4 nitrogen and oxygen atoms in total. The number of nitrogens with zero attached hydrogens (tertiary/aromatic N) is 1. The van der Waals surface area contributed by atoms with Crippen LogP contribution in [-0.2, 0) is 13.1 Å². The number of benzene rings is 2. The fourth-order valence-corrected chi connectivity index (χ4v) is 3.72. The molecule has 1 saturated carbocycles. The van der Waals surface area contributed by atoms with Gasteiger partial charge >= 0.3 is 0 Å². The average molecular weight is 672 g/mol. The van der Waals surface area contributed by atoms with Gasteiger partial charge < -0.3 is 15.6 Å². The highest BCUT2D eigenvalue weighted by atomic mass is 127. The first-order valence-electron chi connectivity index (χ1n) is 10.5. The molecule has 1 aliphatic heterocycles. The van der Waals surface area contributed by atoms with Crippen molar-refractivity contribution < 1.29 is 18.6 Å². The summed E-state index contributed by atoms with van der Waals surface area (Å²) < 4.78 is 31.5. The maximum atomic E-state index is 13.0. The molecular weight excluding hydrogens is 640 g/mol. The van der Waals surface area contributed by atoms with Gasteiger partial charge in [-0.15, -0.1) is 0 Å². The van der Waals surface area contributed by atoms with E-state index in [1.54, 1.807) is 12.1 Å². The number of rotatable bonds is 6. The van der Waals surface area contributed by atoms with Crippen molar-refractivity contribution >= 4 is 45.2 Å². The van der Waals surface area contributed by atoms with Crippen LogP contribution < -0.4 is 10.5 Å². The van der Waals surface area contributed by atoms with Crippen molar-refractivity contribution in [2.75, 3.05) is 23.0 Å². The molecule has 2 aromatic carbocycles. The van der Waals surface area contributed by atoms with E-state index in [0.717, 1.165) is 29.8 Å². The summed E-state index contributed by atoms with van der Waals surface area (Å²) in [5.41, 5.74) is 10.0. The molecule has 4 rings (SSSR count). The molecule has 0 bridgehead atoms. The van der Waals surface area contributed by atoms with E-state index in [-0.39, 0.29) is 19.1 Å². The third-order valence-electron chi connectivity index (χ3n) is 5.62. The molecule has 3 N–H and O–H groups in total. The van der Waals surface area contributed by atoms with Gasteiger partial charge in [-0.3, -0.25) is 4.90 Å². The van der Waals surface area contributed by atoms with Gasteiger partial charge in [0.25, 0.3) is 5.92 Å². The number of hydrogen-bond acceptors (Lipinski definition) is 4. The van der Waals surface area contributed by atoms with Gasteiger partial charge in [-0.05, 0) is 51.2 Å². The van der Waals surface area contributed by atoms with Crippen LogP contribution in [0.3, 0.4) is 0 Å². The Morgan fingerprint density at radius 1 is 1.16 bits per heavy atom. The molecule has 2 unspecified atom stereocenters. The van der Waals surface area contributed by atoms with Gasteiger partial charge in [-0.25, -0.2) is 8.78 Å². The second-order valence-corrected chi connectivity index (χ2v) is 8.05. The molecule has 2 aromatic rings. The molecule has 0 amide bonds. The maximum Gasteiger partial charge on any atom is 0.255 e. The lowest BCUT2D eigenvalue weighted by atomic mass is 9.96. The summed E-state index contributed by atoms with van der Waals surface area (Å²) in [6, 6.07) is 13.8. The lowest BCUT2D eigenvalue weighted by molar-refractivity contribution is 0.0834. The summed E-state index contributed by atoms with van der Waals surface area (Å²) >= 11 is 4.30. The van der Waals surface area contributed by atoms with E-state index in [0.29, 0.717) is 12.3 Å². The molecule has 0 spiro atoms. The lowest BCUT2D eigenvalue weighted by Gasteiger charge is -2.32. The second-order valence-electron chi connectivity index (χ2n) is 8.05. The van der Waals surface area contributed by atoms with Crippen LogP contribution in [0.15, 0.2) is 42.5 Å². The minimum atomic E-state index is -2.57. The third kappa shape index (κ3) is 7.48. The third-order valence-corrected chi connectivity index (χ3v) is 5.62. The number of β-amino-alcohol motifs (C(OH)–C–C–N with tert-alkyl or cyclic N) is 1. The number of fused-ring (bicyclic) bond motifs is 1. The van der Waals surface area contributed by atoms with Crippen LogP contribution in [0.4, 0.5) is 8.78 Å². The van der Waals surface area contributed by atoms with Gasteiger partial charge in [0.15, 0.2) is 0 Å². The monoisotopic (exact) mass is 672 g/mol. The van der Waals surface area contributed by atoms with Crippen LogP contribution >= 0.6 is 45.2 Å². The number of ether oxygens (including phenoxy) is 1. The van der Waals surface area contributed by atoms with Crippen LogP contribution in [0, 0.1) is 5.92 Å². The smallest absolute Gasteiger partial charge is 0.255 e. The first-order chi connectivity index (χ1) is 15.3. The first-order valence-corrected chi connectivity index (χ1v) is 14.8. The molecule has 1 heterocycles. The van der Waals surface area contributed by atoms with Gasteiger partial charge in [-0.2, -0.15) is 0 Å². The number of nitrogens with two attached hydrogens (primary N) is 1. The Balaban J connectivity index is 0.000000860. The molecule has 178 valence electrons. The molecular formula is C24H32F2I2N2O2. The summed E-state index contributed by atoms with van der Waals surface area (Å²) in [5.74, 6) is -2.72. The molecule has 0 aromatic heterocycles. The highest BCUT2D eigenvalue weighted by Gasteiger charge is 2.57. The molecule has 2 aliphatic rings. The summed E-state index contributed by atoms with van der Waals surface area (Å²) in [6.45, 7) is 3.96. The zero-order valence-corrected chi connectivity index (χ0v) is 23.0. The van der Waals surface area contributed by atoms with Crippen molar-refractivity contribution in [1.82, 2.24) is 4.90 Å². The topological polar surface area (TPSA) is 58.7 Å². The molecule has 0 saturated heterocycles. The minimum Gasteiger partial charge on any atom is -0.493 e. The summed E-state index contributed by atoms with van der Waals surface area (Å²) in [6.07, 6.45) is -0.723. The number of halogens is 4. The molecule has 32 heavy (non-hydrogen) atoms. The van der Waals surface area contributed by atoms with Crippen molar-refractivity contribution in [2.45, 2.75) is 44.5 Å². The van der Waals surface area contributed by atoms with E-state index >= 15 is 0 Å². The number of aliphatic hydroxyl groups is 1. The van der Waals surface area contributed by atoms with Crippen molar-refractivity contribution in [3.8, 4) is 5.75 Å². The lowest BCUT2D eigenvalue weighted by Crippen LogP contribution is -2.33. The highest BCUT2D eigenvalue weighted by molar-refractivity contribution is 14.1. The van der Waals surface area contributed by atoms with E-state index in [4.69, 9.17) is 10.5 Å². The number of alkyl halides is 4. The minimum absolute atomic E-state index is 0.0142. The van der Waals surface area contributed by atoms with E-state index in [9.17, 15) is 13.9 Å². The van der Waals surface area contributed by atoms with E-state index < -0.39 is 17.9 Å². The Hall–Kier alpha value is -0.560. The Kier molecular flexibility index (Phi) is 11.1. The Morgan fingerprint density at radius 3 is 2.34 bits per heavy atom. The number of hydrogen-bond donors (Lipinski definition) is 2. The van der Waals surface area contributed by atoms with Gasteiger partial charge in [0.2, 0.25) is 0 Å². The molecule has 1 fully saturated rings. The predicted molar refractivity (Wildman–Crippen MR) is 143 cm³/mol. The maximum absolute atomic E-state index is 13.0. The van der Waals surface area contributed by atoms with E-state index in [1.807, 2.05) is 35.0 Å². The van der Waals surface area contributed by atoms with Crippen molar-refractivity contribution in [2.24, 2.45) is 11.7 Å². The van der Waals surface area contributed by atoms with Crippen LogP contribution in [0.1, 0.15) is 47.7 Å². The highest BCUT2D eigenvalue weighted by Crippen LogP contribution is 2.48. The average Bonchev–Trinajstić information content (AvgIpc) is 3.42. The fourth-order valence-electron chi connectivity index (χ4n) is 3.72. The van der Waals surface area contributed by atoms with E-state index in [2.05, 4.69) is 62.2 Å². The quantitative estimate of drug-likeness (QED) is 0.297. The fraction of sp³-hybridized carbons (Fsp3) is 0.500. The van der Waals surface area contributed by atoms with Gasteiger partial charge in [0.1, 0.15) is 5.75 Å². The van der Waals surface area contributed by atoms with Crippen molar-refractivity contribution in [1.29, 1.82) is 0 Å². The summed E-state index contributed by atoms with van der Waals surface area (Å²) in [7, 11) is 0. The largest absolute Gasteiger partial charge is 0.493 e. The molecule has 3 atom stereocenters. The number of aliphatic hydroxyl groups excluding tert-OH is 1. The molecule has 1 aliphatic carbocycles. The Morgan fingerprint density at radius 2 is 1.78 bits per heavy atom. The van der Waals surface area contributed by atoms with Crippen molar-refractivity contribution in [3.63, 3.8) is 0 Å². The normalized spacial score (nSPS) is 21.8. The SMILES string of the molecule is CI.CI.C[C@H](N)c1ccc(CN2Cc3ccc(OCC4CC4(F)F)cc3C(O)C2)cc1. The Labute approximate surface area is 217 Å². The predicted octanol–water partition coefficient (Wildman–Crippen LogP) is 5.89. The molecule has 8 heteroatoms. The Bertz CT molecular complexity index is 850. The van der Waals surface area contributed by atoms with Crippen LogP contribution in [0.25, 0.3) is 0 Å². The van der Waals surface area contributed by atoms with Gasteiger partial charge in [-0.1, -0.05) is 75.5 Å². The zero-order valence-electron chi connectivity index (χ0n) is 18.7. The summed E-state index contributed by atoms with van der Waals surface area (Å²) in [4.78, 5) is 6.13.